The van der Waals surface area contributed by atoms with E-state index in [1.54, 1.807) is 18.5 Å². The van der Waals surface area contributed by atoms with Crippen LogP contribution in [0.1, 0.15) is 53.9 Å². The third-order valence-electron chi connectivity index (χ3n) is 6.11. The predicted molar refractivity (Wildman–Crippen MR) is 133 cm³/mol. The van der Waals surface area contributed by atoms with E-state index in [1.165, 1.54) is 23.3 Å². The molecule has 3 heterocycles. The number of amides is 1. The number of pyridine rings is 1. The van der Waals surface area contributed by atoms with Gasteiger partial charge in [-0.1, -0.05) is 26.8 Å². The second-order valence-corrected chi connectivity index (χ2v) is 10.4. The molecular formula is C27H28N2O4S. The number of aryl methyl sites for hydroxylation is 1. The first-order valence-electron chi connectivity index (χ1n) is 11.0. The van der Waals surface area contributed by atoms with Crippen LogP contribution in [0.15, 0.2) is 59.7 Å². The number of hydrogen-bond acceptors (Lipinski definition) is 6. The molecule has 1 unspecified atom stereocenters. The Labute approximate surface area is 203 Å². The largest absolute Gasteiger partial charge is 0.507 e. The second kappa shape index (κ2) is 9.06. The minimum Gasteiger partial charge on any atom is -0.507 e. The zero-order chi connectivity index (χ0) is 24.6. The van der Waals surface area contributed by atoms with Crippen molar-refractivity contribution in [2.24, 2.45) is 0 Å². The smallest absolute Gasteiger partial charge is 0.295 e. The molecule has 2 aromatic heterocycles. The number of likely N-dealkylation sites (tertiary alicyclic amines) is 1. The number of ether oxygens (including phenoxy) is 1. The number of thiophene rings is 1. The molecular weight excluding hydrogens is 448 g/mol. The van der Waals surface area contributed by atoms with E-state index in [0.717, 1.165) is 21.6 Å². The van der Waals surface area contributed by atoms with Crippen molar-refractivity contribution < 1.29 is 19.4 Å². The number of ketones is 1. The number of rotatable bonds is 5. The lowest BCUT2D eigenvalue weighted by Crippen LogP contribution is -2.29. The molecule has 0 aliphatic carbocycles. The van der Waals surface area contributed by atoms with E-state index in [2.05, 4.69) is 25.8 Å². The molecule has 3 aromatic rings. The average molecular weight is 477 g/mol. The Kier molecular flexibility index (Phi) is 6.32. The minimum atomic E-state index is -0.701. The van der Waals surface area contributed by atoms with Crippen LogP contribution in [0, 0.1) is 6.92 Å². The van der Waals surface area contributed by atoms with E-state index in [1.807, 2.05) is 42.6 Å². The molecule has 1 fully saturated rings. The Morgan fingerprint density at radius 1 is 1.15 bits per heavy atom. The molecule has 1 aromatic carbocycles. The number of nitrogens with zero attached hydrogens (tertiary/aromatic N) is 2. The number of aromatic nitrogens is 1. The number of methoxy groups -OCH3 is 1. The van der Waals surface area contributed by atoms with Crippen LogP contribution in [-0.2, 0) is 21.5 Å². The van der Waals surface area contributed by atoms with Crippen molar-refractivity contribution in [3.05, 3.63) is 86.9 Å². The van der Waals surface area contributed by atoms with Crippen molar-refractivity contribution in [2.45, 2.75) is 45.7 Å². The van der Waals surface area contributed by atoms with Gasteiger partial charge in [-0.3, -0.25) is 14.6 Å². The van der Waals surface area contributed by atoms with E-state index in [0.29, 0.717) is 11.3 Å². The van der Waals surface area contributed by atoms with E-state index >= 15 is 0 Å². The lowest BCUT2D eigenvalue weighted by atomic mass is 9.85. The molecule has 0 saturated carbocycles. The molecule has 0 radical (unpaired) electrons. The van der Waals surface area contributed by atoms with E-state index in [9.17, 15) is 14.7 Å². The molecule has 0 spiro atoms. The Balaban J connectivity index is 1.92. The summed E-state index contributed by atoms with van der Waals surface area (Å²) in [5, 5.41) is 13.5. The van der Waals surface area contributed by atoms with Gasteiger partial charge in [-0.05, 0) is 64.7 Å². The van der Waals surface area contributed by atoms with Gasteiger partial charge in [0.25, 0.3) is 11.7 Å². The van der Waals surface area contributed by atoms with Gasteiger partial charge in [-0.15, -0.1) is 11.3 Å². The summed E-state index contributed by atoms with van der Waals surface area (Å²) < 4.78 is 5.52. The van der Waals surface area contributed by atoms with Crippen molar-refractivity contribution in [1.82, 2.24) is 9.88 Å². The Morgan fingerprint density at radius 3 is 2.44 bits per heavy atom. The summed E-state index contributed by atoms with van der Waals surface area (Å²) >= 11 is 1.46. The minimum absolute atomic E-state index is 0.0777. The number of benzene rings is 1. The standard InChI is InChI=1S/C27H28N2O4S/c1-16-10-13-34-25(16)22-21(24(31)26(32)29(22)15-17-8-11-28-12-9-17)23(30)19-14-18(27(2,3)4)6-7-20(19)33-5/h6-14,22,30H,15H2,1-5H3/b23-21+. The molecule has 4 rings (SSSR count). The van der Waals surface area contributed by atoms with Crippen LogP contribution in [0.3, 0.4) is 0 Å². The van der Waals surface area contributed by atoms with Crippen molar-refractivity contribution in [3.63, 3.8) is 0 Å². The van der Waals surface area contributed by atoms with Crippen LogP contribution in [0.25, 0.3) is 5.76 Å². The fourth-order valence-corrected chi connectivity index (χ4v) is 5.22. The first kappa shape index (κ1) is 23.7. The van der Waals surface area contributed by atoms with Gasteiger partial charge in [0.05, 0.1) is 18.2 Å². The summed E-state index contributed by atoms with van der Waals surface area (Å²) in [4.78, 5) is 33.0. The Bertz CT molecular complexity index is 1270. The lowest BCUT2D eigenvalue weighted by Gasteiger charge is -2.25. The highest BCUT2D eigenvalue weighted by Gasteiger charge is 2.47. The van der Waals surface area contributed by atoms with Gasteiger partial charge in [0.15, 0.2) is 0 Å². The molecule has 7 heteroatoms. The molecule has 1 amide bonds. The summed E-state index contributed by atoms with van der Waals surface area (Å²) in [6.45, 7) is 8.38. The van der Waals surface area contributed by atoms with Crippen LogP contribution >= 0.6 is 11.3 Å². The topological polar surface area (TPSA) is 79.7 Å². The van der Waals surface area contributed by atoms with E-state index in [4.69, 9.17) is 4.74 Å². The zero-order valence-corrected chi connectivity index (χ0v) is 20.8. The van der Waals surface area contributed by atoms with Crippen LogP contribution in [0.2, 0.25) is 0 Å². The van der Waals surface area contributed by atoms with Crippen LogP contribution in [0.4, 0.5) is 0 Å². The molecule has 0 bridgehead atoms. The number of aliphatic hydroxyl groups excluding tert-OH is 1. The quantitative estimate of drug-likeness (QED) is 0.304. The van der Waals surface area contributed by atoms with E-state index < -0.39 is 17.7 Å². The maximum Gasteiger partial charge on any atom is 0.295 e. The second-order valence-electron chi connectivity index (χ2n) is 9.42. The predicted octanol–water partition coefficient (Wildman–Crippen LogP) is 5.38. The number of carbonyl (C=O) groups excluding carboxylic acids is 2. The van der Waals surface area contributed by atoms with Crippen LogP contribution in [0.5, 0.6) is 5.75 Å². The molecule has 1 saturated heterocycles. The van der Waals surface area contributed by atoms with Gasteiger partial charge in [0, 0.05) is 23.8 Å². The number of hydrogen-bond donors (Lipinski definition) is 1. The van der Waals surface area contributed by atoms with E-state index in [-0.39, 0.29) is 23.3 Å². The maximum absolute atomic E-state index is 13.4. The third kappa shape index (κ3) is 4.23. The van der Waals surface area contributed by atoms with Crippen molar-refractivity contribution in [3.8, 4) is 5.75 Å². The van der Waals surface area contributed by atoms with Gasteiger partial charge < -0.3 is 14.7 Å². The Hall–Kier alpha value is -3.45. The van der Waals surface area contributed by atoms with Gasteiger partial charge in [-0.25, -0.2) is 0 Å². The number of aliphatic hydroxyl groups is 1. The van der Waals surface area contributed by atoms with Gasteiger partial charge in [0.1, 0.15) is 17.6 Å². The van der Waals surface area contributed by atoms with Crippen molar-refractivity contribution in [2.75, 3.05) is 7.11 Å². The fraction of sp³-hybridized carbons (Fsp3) is 0.296. The highest BCUT2D eigenvalue weighted by molar-refractivity contribution is 7.10. The molecule has 1 aliphatic rings. The summed E-state index contributed by atoms with van der Waals surface area (Å²) in [6, 6.07) is 10.4. The third-order valence-corrected chi connectivity index (χ3v) is 7.18. The highest BCUT2D eigenvalue weighted by atomic mass is 32.1. The van der Waals surface area contributed by atoms with Crippen molar-refractivity contribution >= 4 is 28.8 Å². The molecule has 1 atom stereocenters. The monoisotopic (exact) mass is 476 g/mol. The zero-order valence-electron chi connectivity index (χ0n) is 20.0. The van der Waals surface area contributed by atoms with Crippen LogP contribution < -0.4 is 4.74 Å². The number of carbonyl (C=O) groups is 2. The molecule has 6 nitrogen and oxygen atoms in total. The summed E-state index contributed by atoms with van der Waals surface area (Å²) in [7, 11) is 1.52. The molecule has 34 heavy (non-hydrogen) atoms. The Morgan fingerprint density at radius 2 is 1.85 bits per heavy atom. The molecule has 1 aliphatic heterocycles. The molecule has 176 valence electrons. The van der Waals surface area contributed by atoms with Gasteiger partial charge in [0.2, 0.25) is 0 Å². The average Bonchev–Trinajstić information content (AvgIpc) is 3.34. The SMILES string of the molecule is COc1ccc(C(C)(C)C)cc1/C(O)=C1\C(=O)C(=O)N(Cc2ccncc2)C1c1sccc1C. The first-order valence-corrected chi connectivity index (χ1v) is 11.9. The highest BCUT2D eigenvalue weighted by Crippen LogP contribution is 2.44. The maximum atomic E-state index is 13.4. The summed E-state index contributed by atoms with van der Waals surface area (Å²) in [5.41, 5.74) is 3.08. The van der Waals surface area contributed by atoms with Gasteiger partial charge >= 0.3 is 0 Å². The molecule has 1 N–H and O–H groups in total. The normalized spacial score (nSPS) is 17.9. The van der Waals surface area contributed by atoms with Gasteiger partial charge in [-0.2, -0.15) is 0 Å². The number of Topliss-reactive ketones (excluding diaryl/α,β-unsaturated/α-hetero) is 1. The first-order chi connectivity index (χ1) is 16.1. The summed E-state index contributed by atoms with van der Waals surface area (Å²) in [6.07, 6.45) is 3.31. The fourth-order valence-electron chi connectivity index (χ4n) is 4.17. The van der Waals surface area contributed by atoms with Crippen molar-refractivity contribution in [1.29, 1.82) is 0 Å². The van der Waals surface area contributed by atoms with Crippen LogP contribution in [-0.4, -0.2) is 33.8 Å². The summed E-state index contributed by atoms with van der Waals surface area (Å²) in [5.74, 6) is -1.13. The lowest BCUT2D eigenvalue weighted by molar-refractivity contribution is -0.140.